The van der Waals surface area contributed by atoms with Crippen LogP contribution < -0.4 is 9.64 Å². The van der Waals surface area contributed by atoms with Crippen molar-refractivity contribution < 1.29 is 39.8 Å². The molecule has 0 bridgehead atoms. The van der Waals surface area contributed by atoms with Crippen molar-refractivity contribution in [2.45, 2.75) is 29.5 Å². The SMILES string of the molecule is [2H]O[C@@](O)(CO)[C@H]1OC(SC2=N/C(=C\c3ccc4ccc5cccc6ccc3c4c56)C(=O)N2c2ccc(OC)cc2)C[C@]1(O)O[2H]. The number of thioether (sulfide) groups is 1. The molecule has 10 nitrogen and oxygen atoms in total. The highest BCUT2D eigenvalue weighted by molar-refractivity contribution is 8.14. The average Bonchev–Trinajstić information content (AvgIpc) is 3.59. The lowest BCUT2D eigenvalue weighted by Gasteiger charge is -2.31. The molecule has 1 fully saturated rings. The molecule has 224 valence electrons. The fourth-order valence-electron chi connectivity index (χ4n) is 5.95. The Bertz CT molecular complexity index is 2000. The van der Waals surface area contributed by atoms with E-state index in [0.717, 1.165) is 49.6 Å². The van der Waals surface area contributed by atoms with Crippen LogP contribution in [0.15, 0.2) is 89.6 Å². The van der Waals surface area contributed by atoms with E-state index in [9.17, 15) is 20.1 Å². The number of amides is 1. The van der Waals surface area contributed by atoms with Crippen molar-refractivity contribution in [3.05, 3.63) is 90.1 Å². The number of amidine groups is 1. The van der Waals surface area contributed by atoms with E-state index in [0.29, 0.717) is 11.4 Å². The van der Waals surface area contributed by atoms with Crippen molar-refractivity contribution >= 4 is 66.9 Å². The van der Waals surface area contributed by atoms with Gasteiger partial charge in [0.2, 0.25) is 8.65 Å². The molecule has 4 atom stereocenters. The summed E-state index contributed by atoms with van der Waals surface area (Å²) in [6.45, 7) is -1.12. The van der Waals surface area contributed by atoms with Crippen LogP contribution in [-0.2, 0) is 9.53 Å². The van der Waals surface area contributed by atoms with Crippen LogP contribution in [0.3, 0.4) is 0 Å². The molecule has 1 saturated heterocycles. The number of carbonyl (C=O) groups excluding carboxylic acids is 1. The van der Waals surface area contributed by atoms with Gasteiger partial charge in [-0.2, -0.15) is 0 Å². The number of carbonyl (C=O) groups is 1. The summed E-state index contributed by atoms with van der Waals surface area (Å²) in [6.07, 6.45) is -0.468. The van der Waals surface area contributed by atoms with E-state index in [1.165, 1.54) is 12.0 Å². The number of rotatable bonds is 8. The third-order valence-corrected chi connectivity index (χ3v) is 9.07. The summed E-state index contributed by atoms with van der Waals surface area (Å²) in [4.78, 5) is 20.1. The summed E-state index contributed by atoms with van der Waals surface area (Å²) in [6, 6.07) is 25.3. The molecule has 0 spiro atoms. The Balaban J connectivity index is 1.30. The van der Waals surface area contributed by atoms with E-state index in [4.69, 9.17) is 17.3 Å². The van der Waals surface area contributed by atoms with E-state index < -0.39 is 35.6 Å². The third-order valence-electron chi connectivity index (χ3n) is 8.04. The van der Waals surface area contributed by atoms with Crippen LogP contribution in [-0.4, -0.2) is 76.3 Å². The Hall–Kier alpha value is -4.07. The molecule has 2 aliphatic rings. The minimum atomic E-state index is -2.69. The smallest absolute Gasteiger partial charge is 0.283 e. The molecule has 5 N–H and O–H groups in total. The maximum Gasteiger partial charge on any atom is 0.283 e. The Morgan fingerprint density at radius 2 is 1.80 bits per heavy atom. The van der Waals surface area contributed by atoms with Gasteiger partial charge >= 0.3 is 0 Å². The van der Waals surface area contributed by atoms with Gasteiger partial charge in [-0.3, -0.25) is 9.69 Å². The van der Waals surface area contributed by atoms with Gasteiger partial charge in [-0.25, -0.2) is 4.99 Å². The predicted octanol–water partition coefficient (Wildman–Crippen LogP) is 3.54. The number of methoxy groups -OCH3 is 1. The van der Waals surface area contributed by atoms with Crippen molar-refractivity contribution in [3.8, 4) is 5.75 Å². The Morgan fingerprint density at radius 1 is 1.09 bits per heavy atom. The number of nitrogens with zero attached hydrogens (tertiary/aromatic N) is 2. The van der Waals surface area contributed by atoms with Gasteiger partial charge in [0.25, 0.3) is 5.91 Å². The summed E-state index contributed by atoms with van der Waals surface area (Å²) >= 11 is 0.942. The topological polar surface area (TPSA) is 152 Å². The first kappa shape index (κ1) is 26.3. The molecule has 5 aromatic carbocycles. The minimum absolute atomic E-state index is 0.149. The van der Waals surface area contributed by atoms with Crippen LogP contribution >= 0.6 is 11.8 Å². The standard InChI is InChI=1S/C33H28N2O8S/c1-42-23-12-10-22(11-13-23)35-29(37)25(34-31(35)44-26-16-32(38,39)30(43-26)33(40,41)17-36)15-21-8-7-20-6-5-18-3-2-4-19-9-14-24(21)28(20)27(18)19/h2-15,26,30,36,38-41H,16-17H2,1H3/b25-15-/t26?,30-/m0/s1/i38D,40D/t26?,30-,32+,33+. The minimum Gasteiger partial charge on any atom is -0.497 e. The van der Waals surface area contributed by atoms with Crippen LogP contribution in [0.1, 0.15) is 12.0 Å². The molecule has 11 heteroatoms. The average molecular weight is 615 g/mol. The van der Waals surface area contributed by atoms with Crippen molar-refractivity contribution in [1.82, 2.24) is 0 Å². The van der Waals surface area contributed by atoms with Gasteiger partial charge < -0.3 is 35.0 Å². The van der Waals surface area contributed by atoms with Gasteiger partial charge in [0.05, 0.1) is 19.4 Å². The summed E-state index contributed by atoms with van der Waals surface area (Å²) in [5.74, 6) is -4.95. The molecular formula is C33H28N2O8S. The molecule has 44 heavy (non-hydrogen) atoms. The van der Waals surface area contributed by atoms with Crippen LogP contribution in [0.5, 0.6) is 5.75 Å². The number of hydrogen-bond donors (Lipinski definition) is 5. The van der Waals surface area contributed by atoms with E-state index in [1.54, 1.807) is 30.3 Å². The maximum absolute atomic E-state index is 14.1. The van der Waals surface area contributed by atoms with E-state index in [-0.39, 0.29) is 17.3 Å². The molecule has 1 unspecified atom stereocenters. The lowest BCUT2D eigenvalue weighted by atomic mass is 9.92. The van der Waals surface area contributed by atoms with Crippen LogP contribution in [0.2, 0.25) is 0 Å². The zero-order chi connectivity index (χ0) is 32.2. The van der Waals surface area contributed by atoms with Crippen molar-refractivity contribution in [2.75, 3.05) is 18.6 Å². The summed E-state index contributed by atoms with van der Waals surface area (Å²) < 4.78 is 25.7. The van der Waals surface area contributed by atoms with Crippen molar-refractivity contribution in [1.29, 1.82) is 2.86 Å². The molecule has 0 aromatic heterocycles. The fraction of sp³-hybridized carbons (Fsp3) is 0.212. The van der Waals surface area contributed by atoms with Gasteiger partial charge in [0, 0.05) is 6.42 Å². The van der Waals surface area contributed by atoms with Crippen LogP contribution in [0.25, 0.3) is 38.4 Å². The molecule has 0 saturated carbocycles. The van der Waals surface area contributed by atoms with E-state index in [1.807, 2.05) is 24.3 Å². The highest BCUT2D eigenvalue weighted by Crippen LogP contribution is 2.42. The molecule has 7 rings (SSSR count). The predicted molar refractivity (Wildman–Crippen MR) is 168 cm³/mol. The molecule has 2 aliphatic heterocycles. The molecular weight excluding hydrogens is 584 g/mol. The second-order valence-corrected chi connectivity index (χ2v) is 12.0. The second-order valence-electron chi connectivity index (χ2n) is 10.9. The van der Waals surface area contributed by atoms with E-state index in [2.05, 4.69) is 40.5 Å². The number of aliphatic imine (C=N–C) groups is 1. The zero-order valence-corrected chi connectivity index (χ0v) is 24.2. The maximum atomic E-state index is 14.1. The zero-order valence-electron chi connectivity index (χ0n) is 25.3. The van der Waals surface area contributed by atoms with Gasteiger partial charge in [-0.15, -0.1) is 0 Å². The van der Waals surface area contributed by atoms with Crippen LogP contribution in [0, 0.1) is 0 Å². The Kier molecular flexibility index (Phi) is 6.30. The van der Waals surface area contributed by atoms with Gasteiger partial charge in [0.15, 0.2) is 17.1 Å². The van der Waals surface area contributed by atoms with Gasteiger partial charge in [-0.1, -0.05) is 66.4 Å². The Morgan fingerprint density at radius 3 is 2.48 bits per heavy atom. The molecule has 2 heterocycles. The number of benzene rings is 5. The number of hydrogen-bond acceptors (Lipinski definition) is 10. The quantitative estimate of drug-likeness (QED) is 0.100. The lowest BCUT2D eigenvalue weighted by molar-refractivity contribution is -0.314. The normalized spacial score (nSPS) is 25.2. The Labute approximate surface area is 258 Å². The first-order valence-corrected chi connectivity index (χ1v) is 14.7. The molecule has 5 aromatic rings. The third kappa shape index (κ3) is 4.70. The number of aliphatic hydroxyl groups is 5. The highest BCUT2D eigenvalue weighted by Gasteiger charge is 2.57. The van der Waals surface area contributed by atoms with E-state index >= 15 is 0 Å². The summed E-state index contributed by atoms with van der Waals surface area (Å²) in [5, 5.41) is 46.6. The van der Waals surface area contributed by atoms with Gasteiger partial charge in [0.1, 0.15) is 16.9 Å². The number of ether oxygens (including phenoxy) is 2. The molecule has 0 aliphatic carbocycles. The fourth-order valence-corrected chi connectivity index (χ4v) is 7.11. The number of anilines is 1. The van der Waals surface area contributed by atoms with Crippen LogP contribution in [0.4, 0.5) is 5.69 Å². The monoisotopic (exact) mass is 614 g/mol. The second kappa shape index (κ2) is 10.5. The lowest BCUT2D eigenvalue weighted by Crippen LogP contribution is -2.56. The van der Waals surface area contributed by atoms with Gasteiger partial charge in [-0.05, 0) is 68.2 Å². The molecule has 1 amide bonds. The van der Waals surface area contributed by atoms with Crippen molar-refractivity contribution in [3.63, 3.8) is 0 Å². The first-order valence-electron chi connectivity index (χ1n) is 14.7. The summed E-state index contributed by atoms with van der Waals surface area (Å²) in [5.41, 5.74) is 0.401. The first-order chi connectivity index (χ1) is 22.2. The summed E-state index contributed by atoms with van der Waals surface area (Å²) in [7, 11) is 1.54. The number of aliphatic hydroxyl groups excluding tert-OH is 1. The molecule has 0 radical (unpaired) electrons. The largest absolute Gasteiger partial charge is 0.497 e. The highest BCUT2D eigenvalue weighted by atomic mass is 32.2. The van der Waals surface area contributed by atoms with Crippen molar-refractivity contribution in [2.24, 2.45) is 4.99 Å².